The molecule has 0 spiro atoms. The topological polar surface area (TPSA) is 67.1 Å². The second-order valence-corrected chi connectivity index (χ2v) is 4.92. The molecule has 2 rings (SSSR count). The standard InChI is InChI=1S/C15H16ClN3O/c1-10-7-13(19-17)5-6-14(10)15(20)18-9-11-3-2-4-12(16)8-11/h2-8,19H,9,17H2,1H3,(H,18,20). The Bertz CT molecular complexity index is 628. The van der Waals surface area contributed by atoms with E-state index in [1.807, 2.05) is 31.2 Å². The molecule has 5 heteroatoms. The first-order valence-electron chi connectivity index (χ1n) is 6.20. The molecule has 2 aromatic rings. The van der Waals surface area contributed by atoms with E-state index in [-0.39, 0.29) is 5.91 Å². The van der Waals surface area contributed by atoms with Gasteiger partial charge in [-0.3, -0.25) is 10.6 Å². The summed E-state index contributed by atoms with van der Waals surface area (Å²) in [5, 5.41) is 3.53. The molecule has 0 aliphatic carbocycles. The Balaban J connectivity index is 2.05. The van der Waals surface area contributed by atoms with Gasteiger partial charge < -0.3 is 10.7 Å². The van der Waals surface area contributed by atoms with Crippen molar-refractivity contribution >= 4 is 23.2 Å². The van der Waals surface area contributed by atoms with Crippen molar-refractivity contribution in [3.8, 4) is 0 Å². The maximum absolute atomic E-state index is 12.1. The van der Waals surface area contributed by atoms with Crippen molar-refractivity contribution in [3.05, 3.63) is 64.2 Å². The average molecular weight is 290 g/mol. The number of hydrogen-bond acceptors (Lipinski definition) is 3. The van der Waals surface area contributed by atoms with Crippen molar-refractivity contribution in [2.75, 3.05) is 5.43 Å². The molecule has 0 fully saturated rings. The Hall–Kier alpha value is -2.04. The van der Waals surface area contributed by atoms with Gasteiger partial charge in [0, 0.05) is 22.8 Å². The van der Waals surface area contributed by atoms with Crippen molar-refractivity contribution in [2.45, 2.75) is 13.5 Å². The highest BCUT2D eigenvalue weighted by Crippen LogP contribution is 2.15. The minimum atomic E-state index is -0.119. The number of hydrogen-bond donors (Lipinski definition) is 3. The Morgan fingerprint density at radius 3 is 2.70 bits per heavy atom. The normalized spacial score (nSPS) is 10.2. The van der Waals surface area contributed by atoms with Crippen LogP contribution in [0.3, 0.4) is 0 Å². The first kappa shape index (κ1) is 14.4. The molecule has 2 aromatic carbocycles. The summed E-state index contributed by atoms with van der Waals surface area (Å²) in [4.78, 5) is 12.1. The summed E-state index contributed by atoms with van der Waals surface area (Å²) in [6, 6.07) is 12.7. The molecule has 0 unspecified atom stereocenters. The van der Waals surface area contributed by atoms with Crippen molar-refractivity contribution in [1.82, 2.24) is 5.32 Å². The van der Waals surface area contributed by atoms with Gasteiger partial charge >= 0.3 is 0 Å². The molecule has 0 atom stereocenters. The molecule has 0 aliphatic heterocycles. The molecule has 4 N–H and O–H groups in total. The number of anilines is 1. The summed E-state index contributed by atoms with van der Waals surface area (Å²) in [6.45, 7) is 2.31. The fourth-order valence-electron chi connectivity index (χ4n) is 1.93. The number of carbonyl (C=O) groups is 1. The quantitative estimate of drug-likeness (QED) is 0.599. The minimum absolute atomic E-state index is 0.119. The SMILES string of the molecule is Cc1cc(NN)ccc1C(=O)NCc1cccc(Cl)c1. The number of nitrogens with one attached hydrogen (secondary N) is 2. The number of nitrogens with two attached hydrogens (primary N) is 1. The predicted molar refractivity (Wildman–Crippen MR) is 81.6 cm³/mol. The largest absolute Gasteiger partial charge is 0.348 e. The van der Waals surface area contributed by atoms with Gasteiger partial charge in [-0.1, -0.05) is 23.7 Å². The number of halogens is 1. The van der Waals surface area contributed by atoms with Crippen LogP contribution in [0.2, 0.25) is 5.02 Å². The second-order valence-electron chi connectivity index (χ2n) is 4.49. The number of benzene rings is 2. The van der Waals surface area contributed by atoms with Gasteiger partial charge in [-0.05, 0) is 48.4 Å². The van der Waals surface area contributed by atoms with Crippen molar-refractivity contribution in [1.29, 1.82) is 0 Å². The Kier molecular flexibility index (Phi) is 4.61. The molecule has 104 valence electrons. The molecule has 0 aliphatic rings. The lowest BCUT2D eigenvalue weighted by Gasteiger charge is -2.09. The van der Waals surface area contributed by atoms with E-state index in [0.29, 0.717) is 17.1 Å². The zero-order chi connectivity index (χ0) is 14.5. The minimum Gasteiger partial charge on any atom is -0.348 e. The molecule has 20 heavy (non-hydrogen) atoms. The fraction of sp³-hybridized carbons (Fsp3) is 0.133. The fourth-order valence-corrected chi connectivity index (χ4v) is 2.15. The molecular weight excluding hydrogens is 274 g/mol. The van der Waals surface area contributed by atoms with Crippen LogP contribution in [0, 0.1) is 6.92 Å². The van der Waals surface area contributed by atoms with E-state index in [2.05, 4.69) is 10.7 Å². The smallest absolute Gasteiger partial charge is 0.251 e. The zero-order valence-corrected chi connectivity index (χ0v) is 11.9. The molecule has 1 amide bonds. The summed E-state index contributed by atoms with van der Waals surface area (Å²) in [7, 11) is 0. The van der Waals surface area contributed by atoms with Crippen molar-refractivity contribution in [3.63, 3.8) is 0 Å². The highest BCUT2D eigenvalue weighted by Gasteiger charge is 2.09. The molecule has 0 saturated heterocycles. The van der Waals surface area contributed by atoms with E-state index in [1.165, 1.54) is 0 Å². The number of nitrogen functional groups attached to an aromatic ring is 1. The van der Waals surface area contributed by atoms with E-state index in [4.69, 9.17) is 17.4 Å². The van der Waals surface area contributed by atoms with Gasteiger partial charge in [0.2, 0.25) is 0 Å². The maximum Gasteiger partial charge on any atom is 0.251 e. The monoisotopic (exact) mass is 289 g/mol. The first-order valence-corrected chi connectivity index (χ1v) is 6.58. The van der Waals surface area contributed by atoms with E-state index < -0.39 is 0 Å². The van der Waals surface area contributed by atoms with Crippen LogP contribution in [0.1, 0.15) is 21.5 Å². The molecule has 0 bridgehead atoms. The number of aryl methyl sites for hydroxylation is 1. The van der Waals surface area contributed by atoms with Crippen LogP contribution in [0.4, 0.5) is 5.69 Å². The van der Waals surface area contributed by atoms with Gasteiger partial charge in [-0.25, -0.2) is 0 Å². The van der Waals surface area contributed by atoms with Crippen LogP contribution < -0.4 is 16.6 Å². The second kappa shape index (κ2) is 6.41. The molecular formula is C15H16ClN3O. The highest BCUT2D eigenvalue weighted by molar-refractivity contribution is 6.30. The highest BCUT2D eigenvalue weighted by atomic mass is 35.5. The summed E-state index contributed by atoms with van der Waals surface area (Å²) in [5.41, 5.74) is 5.78. The predicted octanol–water partition coefficient (Wildman–Crippen LogP) is 2.86. The van der Waals surface area contributed by atoms with Crippen LogP contribution in [0.15, 0.2) is 42.5 Å². The summed E-state index contributed by atoms with van der Waals surface area (Å²) >= 11 is 5.90. The third kappa shape index (κ3) is 3.50. The van der Waals surface area contributed by atoms with Gasteiger partial charge in [-0.15, -0.1) is 0 Å². The van der Waals surface area contributed by atoms with Gasteiger partial charge in [0.15, 0.2) is 0 Å². The van der Waals surface area contributed by atoms with E-state index in [0.717, 1.165) is 16.8 Å². The molecule has 0 saturated carbocycles. The van der Waals surface area contributed by atoms with Crippen molar-refractivity contribution < 1.29 is 4.79 Å². The summed E-state index contributed by atoms with van der Waals surface area (Å²) < 4.78 is 0. The van der Waals surface area contributed by atoms with E-state index in [1.54, 1.807) is 18.2 Å². The van der Waals surface area contributed by atoms with Crippen LogP contribution >= 0.6 is 11.6 Å². The van der Waals surface area contributed by atoms with Crippen LogP contribution in [0.5, 0.6) is 0 Å². The first-order chi connectivity index (χ1) is 9.60. The Labute approximate surface area is 122 Å². The number of carbonyl (C=O) groups excluding carboxylic acids is 1. The number of rotatable bonds is 4. The van der Waals surface area contributed by atoms with Gasteiger partial charge in [0.05, 0.1) is 0 Å². The summed E-state index contributed by atoms with van der Waals surface area (Å²) in [5.74, 6) is 5.21. The van der Waals surface area contributed by atoms with Gasteiger partial charge in [0.1, 0.15) is 0 Å². The molecule has 0 heterocycles. The lowest BCUT2D eigenvalue weighted by molar-refractivity contribution is 0.0950. The Morgan fingerprint density at radius 1 is 1.25 bits per heavy atom. The van der Waals surface area contributed by atoms with Gasteiger partial charge in [0.25, 0.3) is 5.91 Å². The number of hydrazine groups is 1. The van der Waals surface area contributed by atoms with E-state index in [9.17, 15) is 4.79 Å². The van der Waals surface area contributed by atoms with Crippen LogP contribution in [-0.4, -0.2) is 5.91 Å². The lowest BCUT2D eigenvalue weighted by Crippen LogP contribution is -2.23. The third-order valence-corrected chi connectivity index (χ3v) is 3.21. The molecule has 0 aromatic heterocycles. The van der Waals surface area contributed by atoms with Crippen LogP contribution in [0.25, 0.3) is 0 Å². The average Bonchev–Trinajstić information content (AvgIpc) is 2.44. The molecule has 4 nitrogen and oxygen atoms in total. The van der Waals surface area contributed by atoms with Crippen LogP contribution in [-0.2, 0) is 6.54 Å². The van der Waals surface area contributed by atoms with Crippen molar-refractivity contribution in [2.24, 2.45) is 5.84 Å². The zero-order valence-electron chi connectivity index (χ0n) is 11.1. The number of amides is 1. The Morgan fingerprint density at radius 2 is 2.05 bits per heavy atom. The lowest BCUT2D eigenvalue weighted by atomic mass is 10.1. The van der Waals surface area contributed by atoms with Gasteiger partial charge in [-0.2, -0.15) is 0 Å². The van der Waals surface area contributed by atoms with E-state index >= 15 is 0 Å². The summed E-state index contributed by atoms with van der Waals surface area (Å²) in [6.07, 6.45) is 0. The maximum atomic E-state index is 12.1. The third-order valence-electron chi connectivity index (χ3n) is 2.98. The molecule has 0 radical (unpaired) electrons.